The van der Waals surface area contributed by atoms with Gasteiger partial charge in [0.2, 0.25) is 5.91 Å². The van der Waals surface area contributed by atoms with Crippen LogP contribution in [0.25, 0.3) is 0 Å². The first-order chi connectivity index (χ1) is 14.5. The molecule has 30 heavy (non-hydrogen) atoms. The molecule has 0 spiro atoms. The first-order valence-corrected chi connectivity index (χ1v) is 11.9. The Kier molecular flexibility index (Phi) is 8.67. The molecule has 0 saturated heterocycles. The van der Waals surface area contributed by atoms with Crippen molar-refractivity contribution in [3.63, 3.8) is 0 Å². The Morgan fingerprint density at radius 3 is 2.33 bits per heavy atom. The van der Waals surface area contributed by atoms with Gasteiger partial charge < -0.3 is 15.5 Å². The Morgan fingerprint density at radius 1 is 1.00 bits per heavy atom. The molecule has 0 aromatic heterocycles. The van der Waals surface area contributed by atoms with Crippen molar-refractivity contribution < 1.29 is 9.59 Å². The SMILES string of the molecule is CN(C(=S)NC(=O)CCC1CCCCC1)c1ccccc1C(=O)NC1CCCCC1. The maximum Gasteiger partial charge on any atom is 0.253 e. The molecule has 0 atom stereocenters. The predicted molar refractivity (Wildman–Crippen MR) is 126 cm³/mol. The van der Waals surface area contributed by atoms with E-state index in [1.807, 2.05) is 24.3 Å². The molecule has 2 N–H and O–H groups in total. The van der Waals surface area contributed by atoms with Gasteiger partial charge in [-0.1, -0.05) is 63.5 Å². The number of hydrogen-bond acceptors (Lipinski definition) is 3. The van der Waals surface area contributed by atoms with Crippen LogP contribution < -0.4 is 15.5 Å². The summed E-state index contributed by atoms with van der Waals surface area (Å²) in [6, 6.07) is 7.68. The van der Waals surface area contributed by atoms with Crippen LogP contribution in [0.5, 0.6) is 0 Å². The van der Waals surface area contributed by atoms with Crippen LogP contribution in [0, 0.1) is 5.92 Å². The van der Waals surface area contributed by atoms with Crippen molar-refractivity contribution in [2.24, 2.45) is 5.92 Å². The summed E-state index contributed by atoms with van der Waals surface area (Å²) >= 11 is 5.48. The minimum Gasteiger partial charge on any atom is -0.349 e. The van der Waals surface area contributed by atoms with Crippen LogP contribution in [0.4, 0.5) is 5.69 Å². The molecule has 1 aromatic carbocycles. The molecule has 164 valence electrons. The molecule has 5 nitrogen and oxygen atoms in total. The zero-order valence-corrected chi connectivity index (χ0v) is 18.9. The summed E-state index contributed by atoms with van der Waals surface area (Å²) in [5.74, 6) is 0.553. The number of carbonyl (C=O) groups is 2. The average molecular weight is 430 g/mol. The summed E-state index contributed by atoms with van der Waals surface area (Å²) in [5, 5.41) is 6.36. The Bertz CT molecular complexity index is 740. The van der Waals surface area contributed by atoms with Crippen LogP contribution >= 0.6 is 12.2 Å². The first-order valence-electron chi connectivity index (χ1n) is 11.5. The highest BCUT2D eigenvalue weighted by atomic mass is 32.1. The maximum absolute atomic E-state index is 12.9. The van der Waals surface area contributed by atoms with Gasteiger partial charge in [-0.15, -0.1) is 0 Å². The summed E-state index contributed by atoms with van der Waals surface area (Å²) in [5.41, 5.74) is 1.30. The Morgan fingerprint density at radius 2 is 1.63 bits per heavy atom. The molecule has 0 aliphatic heterocycles. The number of para-hydroxylation sites is 1. The fraction of sp³-hybridized carbons (Fsp3) is 0.625. The van der Waals surface area contributed by atoms with Crippen molar-refractivity contribution in [2.75, 3.05) is 11.9 Å². The van der Waals surface area contributed by atoms with Crippen molar-refractivity contribution >= 4 is 34.8 Å². The van der Waals surface area contributed by atoms with E-state index in [2.05, 4.69) is 10.6 Å². The number of nitrogens with zero attached hydrogens (tertiary/aromatic N) is 1. The van der Waals surface area contributed by atoms with Crippen molar-refractivity contribution in [3.05, 3.63) is 29.8 Å². The minimum absolute atomic E-state index is 0.0402. The van der Waals surface area contributed by atoms with Gasteiger partial charge >= 0.3 is 0 Å². The van der Waals surface area contributed by atoms with Crippen LogP contribution in [-0.2, 0) is 4.79 Å². The Balaban J connectivity index is 1.55. The minimum atomic E-state index is -0.0734. The number of carbonyl (C=O) groups excluding carboxylic acids is 2. The molecule has 2 saturated carbocycles. The van der Waals surface area contributed by atoms with E-state index < -0.39 is 0 Å². The second kappa shape index (κ2) is 11.4. The zero-order valence-electron chi connectivity index (χ0n) is 18.1. The van der Waals surface area contributed by atoms with Crippen molar-refractivity contribution in [1.82, 2.24) is 10.6 Å². The molecule has 6 heteroatoms. The smallest absolute Gasteiger partial charge is 0.253 e. The summed E-state index contributed by atoms with van der Waals surface area (Å²) in [7, 11) is 1.80. The fourth-order valence-electron chi connectivity index (χ4n) is 4.65. The normalized spacial score (nSPS) is 17.9. The topological polar surface area (TPSA) is 61.4 Å². The summed E-state index contributed by atoms with van der Waals surface area (Å²) in [6.45, 7) is 0. The second-order valence-corrected chi connectivity index (χ2v) is 9.17. The van der Waals surface area contributed by atoms with Crippen LogP contribution in [0.2, 0.25) is 0 Å². The number of thiocarbonyl (C=S) groups is 1. The molecular weight excluding hydrogens is 394 g/mol. The number of amides is 2. The fourth-order valence-corrected chi connectivity index (χ4v) is 4.87. The molecule has 0 heterocycles. The standard InChI is InChI=1S/C24H35N3O2S/c1-27(24(30)26-22(28)17-16-18-10-4-2-5-11-18)21-15-9-8-14-20(21)23(29)25-19-12-6-3-7-13-19/h8-9,14-15,18-19H,2-7,10-13,16-17H2,1H3,(H,25,29)(H,26,28,30). The number of anilines is 1. The quantitative estimate of drug-likeness (QED) is 0.628. The largest absolute Gasteiger partial charge is 0.349 e. The second-order valence-electron chi connectivity index (χ2n) is 8.78. The molecular formula is C24H35N3O2S. The first kappa shape index (κ1) is 22.7. The lowest BCUT2D eigenvalue weighted by molar-refractivity contribution is -0.120. The molecule has 0 bridgehead atoms. The summed E-state index contributed by atoms with van der Waals surface area (Å²) in [4.78, 5) is 27.0. The molecule has 1 aromatic rings. The van der Waals surface area contributed by atoms with E-state index in [4.69, 9.17) is 12.2 Å². The van der Waals surface area contributed by atoms with Crippen LogP contribution in [0.15, 0.2) is 24.3 Å². The molecule has 0 unspecified atom stereocenters. The van der Waals surface area contributed by atoms with Crippen LogP contribution in [0.1, 0.15) is 87.4 Å². The van der Waals surface area contributed by atoms with Gasteiger partial charge in [-0.3, -0.25) is 9.59 Å². The maximum atomic E-state index is 12.9. The van der Waals surface area contributed by atoms with Crippen molar-refractivity contribution in [1.29, 1.82) is 0 Å². The van der Waals surface area contributed by atoms with Crippen molar-refractivity contribution in [3.8, 4) is 0 Å². The predicted octanol–water partition coefficient (Wildman–Crippen LogP) is 4.95. The monoisotopic (exact) mass is 429 g/mol. The Hall–Kier alpha value is -1.95. The average Bonchev–Trinajstić information content (AvgIpc) is 2.78. The third-order valence-electron chi connectivity index (χ3n) is 6.51. The summed E-state index contributed by atoms with van der Waals surface area (Å²) in [6.07, 6.45) is 13.5. The van der Waals surface area contributed by atoms with Gasteiger partial charge in [0.25, 0.3) is 5.91 Å². The van der Waals surface area contributed by atoms with E-state index in [1.54, 1.807) is 11.9 Å². The van der Waals surface area contributed by atoms with Gasteiger partial charge in [-0.05, 0) is 49.5 Å². The molecule has 2 fully saturated rings. The van der Waals surface area contributed by atoms with Crippen LogP contribution in [-0.4, -0.2) is 30.0 Å². The van der Waals surface area contributed by atoms with Gasteiger partial charge in [0.1, 0.15) is 0 Å². The zero-order chi connectivity index (χ0) is 21.3. The van der Waals surface area contributed by atoms with Gasteiger partial charge in [0.15, 0.2) is 5.11 Å². The number of nitrogens with one attached hydrogen (secondary N) is 2. The van der Waals surface area contributed by atoms with E-state index in [1.165, 1.54) is 51.4 Å². The van der Waals surface area contributed by atoms with E-state index in [0.29, 0.717) is 28.7 Å². The summed E-state index contributed by atoms with van der Waals surface area (Å²) < 4.78 is 0. The number of benzene rings is 1. The lowest BCUT2D eigenvalue weighted by atomic mass is 9.86. The molecule has 0 radical (unpaired) electrons. The Labute approximate surface area is 186 Å². The van der Waals surface area contributed by atoms with E-state index >= 15 is 0 Å². The van der Waals surface area contributed by atoms with E-state index in [9.17, 15) is 9.59 Å². The molecule has 2 aliphatic carbocycles. The van der Waals surface area contributed by atoms with Gasteiger partial charge in [0.05, 0.1) is 11.3 Å². The highest BCUT2D eigenvalue weighted by Gasteiger charge is 2.21. The van der Waals surface area contributed by atoms with Gasteiger partial charge in [0, 0.05) is 19.5 Å². The number of rotatable bonds is 6. The molecule has 2 aliphatic rings. The lowest BCUT2D eigenvalue weighted by Crippen LogP contribution is -2.42. The highest BCUT2D eigenvalue weighted by Crippen LogP contribution is 2.27. The molecule has 2 amide bonds. The van der Waals surface area contributed by atoms with Crippen molar-refractivity contribution in [2.45, 2.75) is 83.1 Å². The van der Waals surface area contributed by atoms with E-state index in [0.717, 1.165) is 19.3 Å². The van der Waals surface area contributed by atoms with Gasteiger partial charge in [-0.25, -0.2) is 0 Å². The third-order valence-corrected chi connectivity index (χ3v) is 6.88. The van der Waals surface area contributed by atoms with Crippen LogP contribution in [0.3, 0.4) is 0 Å². The lowest BCUT2D eigenvalue weighted by Gasteiger charge is -2.26. The van der Waals surface area contributed by atoms with Gasteiger partial charge in [-0.2, -0.15) is 0 Å². The highest BCUT2D eigenvalue weighted by molar-refractivity contribution is 7.80. The van der Waals surface area contributed by atoms with E-state index in [-0.39, 0.29) is 17.9 Å². The number of hydrogen-bond donors (Lipinski definition) is 2. The third kappa shape index (κ3) is 6.53. The molecule has 3 rings (SSSR count).